The molecule has 0 spiro atoms. The number of ether oxygens (including phenoxy) is 2. The Bertz CT molecular complexity index is 781. The molecule has 2 rings (SSSR count). The van der Waals surface area contributed by atoms with Crippen LogP contribution in [0.1, 0.15) is 34.6 Å². The van der Waals surface area contributed by atoms with E-state index in [-0.39, 0.29) is 11.8 Å². The largest absolute Gasteiger partial charge is 0.379 e. The molecule has 2 amide bonds. The lowest BCUT2D eigenvalue weighted by molar-refractivity contribution is -0.122. The van der Waals surface area contributed by atoms with Gasteiger partial charge in [0.25, 0.3) is 5.91 Å². The van der Waals surface area contributed by atoms with E-state index in [0.29, 0.717) is 37.8 Å². The van der Waals surface area contributed by atoms with Crippen molar-refractivity contribution in [1.29, 1.82) is 0 Å². The second-order valence-electron chi connectivity index (χ2n) is 6.09. The van der Waals surface area contributed by atoms with E-state index in [1.807, 2.05) is 31.2 Å². The zero-order valence-electron chi connectivity index (χ0n) is 16.0. The highest BCUT2D eigenvalue weighted by atomic mass is 79.9. The number of hydrogen-bond donors (Lipinski definition) is 2. The third kappa shape index (κ3) is 7.71. The van der Waals surface area contributed by atoms with Gasteiger partial charge in [-0.05, 0) is 53.0 Å². The van der Waals surface area contributed by atoms with Gasteiger partial charge in [0.05, 0.1) is 28.5 Å². The first-order valence-electron chi connectivity index (χ1n) is 9.06. The summed E-state index contributed by atoms with van der Waals surface area (Å²) in [5.41, 5.74) is 2.01. The standard InChI is InChI=1S/C20H25BrN2O4S/c1-3-26-9-10-27-13-16-6-4-5-15(11-16)12-22-19(24)14(2)23-20(25)17-7-8-18(21)28-17/h4-8,11,14H,3,9-10,12-13H2,1-2H3,(H,22,24)(H,23,25). The number of thiophene rings is 1. The van der Waals surface area contributed by atoms with Crippen molar-refractivity contribution < 1.29 is 19.1 Å². The third-order valence-corrected chi connectivity index (χ3v) is 5.46. The van der Waals surface area contributed by atoms with Crippen molar-refractivity contribution in [2.45, 2.75) is 33.0 Å². The number of carbonyl (C=O) groups excluding carboxylic acids is 2. The minimum atomic E-state index is -0.626. The summed E-state index contributed by atoms with van der Waals surface area (Å²) in [7, 11) is 0. The molecule has 1 atom stereocenters. The van der Waals surface area contributed by atoms with Crippen LogP contribution in [0, 0.1) is 0 Å². The number of nitrogens with one attached hydrogen (secondary N) is 2. The maximum absolute atomic E-state index is 12.3. The summed E-state index contributed by atoms with van der Waals surface area (Å²) in [5, 5.41) is 5.56. The Labute approximate surface area is 177 Å². The lowest BCUT2D eigenvalue weighted by atomic mass is 10.1. The van der Waals surface area contributed by atoms with Gasteiger partial charge in [-0.1, -0.05) is 24.3 Å². The number of carbonyl (C=O) groups is 2. The minimum Gasteiger partial charge on any atom is -0.379 e. The van der Waals surface area contributed by atoms with Gasteiger partial charge in [0.1, 0.15) is 6.04 Å². The van der Waals surface area contributed by atoms with Crippen LogP contribution in [0.5, 0.6) is 0 Å². The zero-order valence-corrected chi connectivity index (χ0v) is 18.4. The van der Waals surface area contributed by atoms with Crippen LogP contribution in [0.15, 0.2) is 40.2 Å². The van der Waals surface area contributed by atoms with Crippen LogP contribution in [0.4, 0.5) is 0 Å². The van der Waals surface area contributed by atoms with Crippen LogP contribution >= 0.6 is 27.3 Å². The summed E-state index contributed by atoms with van der Waals surface area (Å²) in [5.74, 6) is -0.494. The fourth-order valence-corrected chi connectivity index (χ4v) is 3.68. The van der Waals surface area contributed by atoms with E-state index in [4.69, 9.17) is 9.47 Å². The smallest absolute Gasteiger partial charge is 0.262 e. The monoisotopic (exact) mass is 468 g/mol. The summed E-state index contributed by atoms with van der Waals surface area (Å²) in [4.78, 5) is 25.0. The van der Waals surface area contributed by atoms with E-state index in [1.54, 1.807) is 19.1 Å². The fourth-order valence-electron chi connectivity index (χ4n) is 2.39. The quantitative estimate of drug-likeness (QED) is 0.494. The molecule has 0 fully saturated rings. The Kier molecular flexibility index (Phi) is 9.63. The lowest BCUT2D eigenvalue weighted by Crippen LogP contribution is -2.44. The van der Waals surface area contributed by atoms with Gasteiger partial charge in [-0.15, -0.1) is 11.3 Å². The SMILES string of the molecule is CCOCCOCc1cccc(CNC(=O)C(C)NC(=O)c2ccc(Br)s2)c1. The van der Waals surface area contributed by atoms with E-state index in [0.717, 1.165) is 14.9 Å². The van der Waals surface area contributed by atoms with E-state index in [9.17, 15) is 9.59 Å². The molecule has 0 saturated heterocycles. The molecule has 8 heteroatoms. The number of halogens is 1. The molecule has 1 heterocycles. The van der Waals surface area contributed by atoms with Gasteiger partial charge in [0, 0.05) is 13.2 Å². The Morgan fingerprint density at radius 3 is 2.61 bits per heavy atom. The van der Waals surface area contributed by atoms with Crippen molar-refractivity contribution in [3.8, 4) is 0 Å². The molecule has 0 bridgehead atoms. The molecule has 152 valence electrons. The average molecular weight is 469 g/mol. The number of benzene rings is 1. The molecule has 6 nitrogen and oxygen atoms in total. The zero-order chi connectivity index (χ0) is 20.4. The third-order valence-electron chi connectivity index (χ3n) is 3.84. The summed E-state index contributed by atoms with van der Waals surface area (Å²) >= 11 is 4.65. The van der Waals surface area contributed by atoms with Gasteiger partial charge in [-0.25, -0.2) is 0 Å². The molecule has 0 radical (unpaired) electrons. The van der Waals surface area contributed by atoms with Crippen LogP contribution in [0.25, 0.3) is 0 Å². The number of hydrogen-bond acceptors (Lipinski definition) is 5. The van der Waals surface area contributed by atoms with Crippen molar-refractivity contribution in [3.63, 3.8) is 0 Å². The van der Waals surface area contributed by atoms with Crippen molar-refractivity contribution >= 4 is 39.1 Å². The highest BCUT2D eigenvalue weighted by Crippen LogP contribution is 2.21. The molecule has 0 aliphatic rings. The van der Waals surface area contributed by atoms with Gasteiger partial charge in [0.15, 0.2) is 0 Å². The van der Waals surface area contributed by atoms with Gasteiger partial charge in [-0.2, -0.15) is 0 Å². The fraction of sp³-hybridized carbons (Fsp3) is 0.400. The molecular weight excluding hydrogens is 444 g/mol. The topological polar surface area (TPSA) is 76.7 Å². The lowest BCUT2D eigenvalue weighted by Gasteiger charge is -2.14. The first-order valence-corrected chi connectivity index (χ1v) is 10.7. The summed E-state index contributed by atoms with van der Waals surface area (Å²) in [6.07, 6.45) is 0. The first-order chi connectivity index (χ1) is 13.5. The second kappa shape index (κ2) is 12.0. The average Bonchev–Trinajstić information content (AvgIpc) is 3.12. The molecule has 28 heavy (non-hydrogen) atoms. The molecular formula is C20H25BrN2O4S. The maximum Gasteiger partial charge on any atom is 0.262 e. The molecule has 0 saturated carbocycles. The van der Waals surface area contributed by atoms with Crippen molar-refractivity contribution in [3.05, 3.63) is 56.2 Å². The maximum atomic E-state index is 12.3. The van der Waals surface area contributed by atoms with E-state index in [2.05, 4.69) is 26.6 Å². The highest BCUT2D eigenvalue weighted by Gasteiger charge is 2.17. The van der Waals surface area contributed by atoms with Gasteiger partial charge in [-0.3, -0.25) is 9.59 Å². The number of rotatable bonds is 11. The Morgan fingerprint density at radius 1 is 1.14 bits per heavy atom. The summed E-state index contributed by atoms with van der Waals surface area (Å²) in [6, 6.07) is 10.7. The predicted molar refractivity (Wildman–Crippen MR) is 113 cm³/mol. The summed E-state index contributed by atoms with van der Waals surface area (Å²) < 4.78 is 11.7. The van der Waals surface area contributed by atoms with Crippen LogP contribution in [0.2, 0.25) is 0 Å². The predicted octanol–water partition coefficient (Wildman–Crippen LogP) is 3.50. The summed E-state index contributed by atoms with van der Waals surface area (Å²) in [6.45, 7) is 6.31. The van der Waals surface area contributed by atoms with Gasteiger partial charge in [0.2, 0.25) is 5.91 Å². The molecule has 2 N–H and O–H groups in total. The van der Waals surface area contributed by atoms with E-state index in [1.165, 1.54) is 11.3 Å². The van der Waals surface area contributed by atoms with Crippen LogP contribution in [0.3, 0.4) is 0 Å². The van der Waals surface area contributed by atoms with Crippen LogP contribution in [-0.4, -0.2) is 37.7 Å². The Balaban J connectivity index is 1.76. The first kappa shape index (κ1) is 22.5. The van der Waals surface area contributed by atoms with Gasteiger partial charge >= 0.3 is 0 Å². The minimum absolute atomic E-state index is 0.234. The van der Waals surface area contributed by atoms with Crippen molar-refractivity contribution in [2.75, 3.05) is 19.8 Å². The van der Waals surface area contributed by atoms with Crippen molar-refractivity contribution in [2.24, 2.45) is 0 Å². The molecule has 1 aromatic carbocycles. The van der Waals surface area contributed by atoms with E-state index >= 15 is 0 Å². The molecule has 0 aliphatic heterocycles. The highest BCUT2D eigenvalue weighted by molar-refractivity contribution is 9.11. The molecule has 2 aromatic rings. The molecule has 1 aromatic heterocycles. The Morgan fingerprint density at radius 2 is 1.89 bits per heavy atom. The van der Waals surface area contributed by atoms with E-state index < -0.39 is 6.04 Å². The van der Waals surface area contributed by atoms with Crippen molar-refractivity contribution in [1.82, 2.24) is 10.6 Å². The molecule has 0 aliphatic carbocycles. The second-order valence-corrected chi connectivity index (χ2v) is 8.55. The van der Waals surface area contributed by atoms with Crippen LogP contribution in [-0.2, 0) is 27.4 Å². The Hall–Kier alpha value is -1.74. The van der Waals surface area contributed by atoms with Crippen LogP contribution < -0.4 is 10.6 Å². The number of amides is 2. The van der Waals surface area contributed by atoms with Gasteiger partial charge < -0.3 is 20.1 Å². The molecule has 1 unspecified atom stereocenters. The normalized spacial score (nSPS) is 11.8.